The molecule has 0 aliphatic carbocycles. The Morgan fingerprint density at radius 3 is 2.55 bits per heavy atom. The molecule has 1 fully saturated rings. The molecule has 1 aliphatic heterocycles. The molecule has 5 nitrogen and oxygen atoms in total. The third kappa shape index (κ3) is 7.08. The van der Waals surface area contributed by atoms with Crippen molar-refractivity contribution in [2.45, 2.75) is 37.1 Å². The first-order chi connectivity index (χ1) is 14.0. The number of benzene rings is 2. The van der Waals surface area contributed by atoms with Crippen molar-refractivity contribution in [1.82, 2.24) is 5.32 Å². The molecular weight excluding hydrogens is 450 g/mol. The maximum Gasteiger partial charge on any atom is 0.230 e. The van der Waals surface area contributed by atoms with Gasteiger partial charge in [0.05, 0.1) is 5.75 Å². The number of thioether (sulfide) groups is 1. The smallest absolute Gasteiger partial charge is 0.230 e. The molecule has 1 saturated heterocycles. The Kier molecular flexibility index (Phi) is 8.00. The zero-order valence-corrected chi connectivity index (χ0v) is 18.9. The van der Waals surface area contributed by atoms with Gasteiger partial charge in [0.25, 0.3) is 0 Å². The first-order valence-electron chi connectivity index (χ1n) is 9.82. The van der Waals surface area contributed by atoms with Crippen molar-refractivity contribution in [1.29, 1.82) is 0 Å². The van der Waals surface area contributed by atoms with Gasteiger partial charge in [0.15, 0.2) is 0 Å². The molecular formula is C22H26BrN3O2S. The van der Waals surface area contributed by atoms with Crippen LogP contribution in [0.1, 0.15) is 26.2 Å². The van der Waals surface area contributed by atoms with Gasteiger partial charge in [-0.25, -0.2) is 0 Å². The number of nitrogens with zero attached hydrogens (tertiary/aromatic N) is 1. The summed E-state index contributed by atoms with van der Waals surface area (Å²) in [5, 5.41) is 5.84. The summed E-state index contributed by atoms with van der Waals surface area (Å²) in [5.41, 5.74) is 1.94. The Bertz CT molecular complexity index is 838. The van der Waals surface area contributed by atoms with Crippen molar-refractivity contribution < 1.29 is 9.59 Å². The predicted molar refractivity (Wildman–Crippen MR) is 124 cm³/mol. The molecule has 1 unspecified atom stereocenters. The van der Waals surface area contributed by atoms with Crippen LogP contribution in [-0.4, -0.2) is 36.7 Å². The molecule has 0 spiro atoms. The maximum atomic E-state index is 12.4. The highest BCUT2D eigenvalue weighted by molar-refractivity contribution is 9.10. The molecule has 7 heteroatoms. The molecule has 154 valence electrons. The van der Waals surface area contributed by atoms with E-state index in [1.54, 1.807) is 0 Å². The summed E-state index contributed by atoms with van der Waals surface area (Å²) in [6, 6.07) is 15.6. The van der Waals surface area contributed by atoms with Crippen LogP contribution < -0.4 is 15.5 Å². The van der Waals surface area contributed by atoms with Gasteiger partial charge in [0.1, 0.15) is 0 Å². The van der Waals surface area contributed by atoms with Gasteiger partial charge in [0.2, 0.25) is 11.8 Å². The zero-order chi connectivity index (χ0) is 20.6. The lowest BCUT2D eigenvalue weighted by Crippen LogP contribution is -2.36. The number of halogens is 1. The van der Waals surface area contributed by atoms with E-state index in [-0.39, 0.29) is 24.3 Å². The molecule has 29 heavy (non-hydrogen) atoms. The largest absolute Gasteiger partial charge is 0.371 e. The summed E-state index contributed by atoms with van der Waals surface area (Å²) in [5.74, 6) is 0.150. The summed E-state index contributed by atoms with van der Waals surface area (Å²) in [4.78, 5) is 27.9. The Hall–Kier alpha value is -1.99. The normalized spacial score (nSPS) is 14.5. The van der Waals surface area contributed by atoms with Crippen LogP contribution in [0.2, 0.25) is 0 Å². The van der Waals surface area contributed by atoms with E-state index in [4.69, 9.17) is 0 Å². The number of rotatable bonds is 8. The second-order valence-electron chi connectivity index (χ2n) is 7.21. The van der Waals surface area contributed by atoms with Gasteiger partial charge in [0, 0.05) is 46.3 Å². The van der Waals surface area contributed by atoms with Crippen molar-refractivity contribution >= 4 is 50.9 Å². The second-order valence-corrected chi connectivity index (χ2v) is 9.17. The molecule has 0 saturated carbocycles. The Balaban J connectivity index is 1.42. The lowest BCUT2D eigenvalue weighted by molar-refractivity contribution is -0.120. The van der Waals surface area contributed by atoms with Gasteiger partial charge in [-0.3, -0.25) is 9.59 Å². The van der Waals surface area contributed by atoms with Crippen LogP contribution in [0.25, 0.3) is 0 Å². The summed E-state index contributed by atoms with van der Waals surface area (Å²) < 4.78 is 1.01. The van der Waals surface area contributed by atoms with Crippen molar-refractivity contribution in [3.8, 4) is 0 Å². The van der Waals surface area contributed by atoms with Gasteiger partial charge >= 0.3 is 0 Å². The molecule has 2 aromatic carbocycles. The van der Waals surface area contributed by atoms with Crippen LogP contribution >= 0.6 is 27.7 Å². The van der Waals surface area contributed by atoms with Crippen molar-refractivity contribution in [2.75, 3.05) is 29.1 Å². The fourth-order valence-corrected chi connectivity index (χ4v) is 4.27. The lowest BCUT2D eigenvalue weighted by Gasteiger charge is -2.19. The van der Waals surface area contributed by atoms with Gasteiger partial charge in [-0.1, -0.05) is 22.0 Å². The minimum atomic E-state index is -0.227. The molecule has 1 aliphatic rings. The van der Waals surface area contributed by atoms with Crippen molar-refractivity contribution in [3.05, 3.63) is 53.0 Å². The van der Waals surface area contributed by atoms with Crippen LogP contribution in [0.5, 0.6) is 0 Å². The molecule has 2 amide bonds. The van der Waals surface area contributed by atoms with E-state index in [1.165, 1.54) is 24.6 Å². The van der Waals surface area contributed by atoms with E-state index in [0.717, 1.165) is 33.8 Å². The molecule has 2 N–H and O–H groups in total. The zero-order valence-electron chi connectivity index (χ0n) is 16.5. The third-order valence-electron chi connectivity index (χ3n) is 4.68. The molecule has 2 aromatic rings. The summed E-state index contributed by atoms with van der Waals surface area (Å²) in [7, 11) is 0. The molecule has 0 radical (unpaired) electrons. The Morgan fingerprint density at radius 1 is 1.10 bits per heavy atom. The number of carbonyl (C=O) groups is 2. The number of hydrogen-bond donors (Lipinski definition) is 2. The highest BCUT2D eigenvalue weighted by Gasteiger charge is 2.15. The molecule has 1 atom stereocenters. The second kappa shape index (κ2) is 10.7. The summed E-state index contributed by atoms with van der Waals surface area (Å²) >= 11 is 4.87. The number of nitrogens with one attached hydrogen (secondary N) is 2. The highest BCUT2D eigenvalue weighted by atomic mass is 79.9. The monoisotopic (exact) mass is 475 g/mol. The number of anilines is 2. The maximum absolute atomic E-state index is 12.4. The molecule has 0 aromatic heterocycles. The summed E-state index contributed by atoms with van der Waals surface area (Å²) in [6.45, 7) is 3.99. The van der Waals surface area contributed by atoms with E-state index in [9.17, 15) is 9.59 Å². The van der Waals surface area contributed by atoms with Crippen LogP contribution in [0.4, 0.5) is 11.4 Å². The topological polar surface area (TPSA) is 61.4 Å². The first kappa shape index (κ1) is 21.7. The predicted octanol–water partition coefficient (Wildman–Crippen LogP) is 4.67. The van der Waals surface area contributed by atoms with Crippen LogP contribution in [0.15, 0.2) is 57.9 Å². The number of carbonyl (C=O) groups excluding carboxylic acids is 2. The quantitative estimate of drug-likeness (QED) is 0.544. The van der Waals surface area contributed by atoms with Gasteiger partial charge in [-0.15, -0.1) is 11.8 Å². The highest BCUT2D eigenvalue weighted by Crippen LogP contribution is 2.23. The Morgan fingerprint density at radius 2 is 1.83 bits per heavy atom. The number of amides is 2. The van der Waals surface area contributed by atoms with E-state index in [2.05, 4.69) is 37.5 Å². The standard InChI is InChI=1S/C22H26BrN3O2S/c1-16(24-22(28)15-29-20-9-7-17(23)8-10-20)13-21(27)25-18-5-4-6-19(14-18)26-11-2-3-12-26/h4-10,14,16H,2-3,11-13,15H2,1H3,(H,24,28)(H,25,27). The minimum Gasteiger partial charge on any atom is -0.371 e. The molecule has 1 heterocycles. The van der Waals surface area contributed by atoms with E-state index in [1.807, 2.05) is 49.4 Å². The molecule has 0 bridgehead atoms. The van der Waals surface area contributed by atoms with Crippen molar-refractivity contribution in [3.63, 3.8) is 0 Å². The van der Waals surface area contributed by atoms with Gasteiger partial charge in [-0.05, 0) is 62.2 Å². The fraction of sp³-hybridized carbons (Fsp3) is 0.364. The number of hydrogen-bond acceptors (Lipinski definition) is 4. The van der Waals surface area contributed by atoms with E-state index >= 15 is 0 Å². The van der Waals surface area contributed by atoms with E-state index < -0.39 is 0 Å². The fourth-order valence-electron chi connectivity index (χ4n) is 3.29. The Labute approximate surface area is 184 Å². The average molecular weight is 476 g/mol. The third-order valence-corrected chi connectivity index (χ3v) is 6.22. The van der Waals surface area contributed by atoms with Gasteiger partial charge < -0.3 is 15.5 Å². The SMILES string of the molecule is CC(CC(=O)Nc1cccc(N2CCCC2)c1)NC(=O)CSc1ccc(Br)cc1. The van der Waals surface area contributed by atoms with Crippen LogP contribution in [-0.2, 0) is 9.59 Å². The lowest BCUT2D eigenvalue weighted by atomic mass is 10.2. The summed E-state index contributed by atoms with van der Waals surface area (Å²) in [6.07, 6.45) is 2.67. The van der Waals surface area contributed by atoms with Crippen molar-refractivity contribution in [2.24, 2.45) is 0 Å². The molecule has 3 rings (SSSR count). The van der Waals surface area contributed by atoms with Crippen LogP contribution in [0, 0.1) is 0 Å². The van der Waals surface area contributed by atoms with Crippen LogP contribution in [0.3, 0.4) is 0 Å². The first-order valence-corrected chi connectivity index (χ1v) is 11.6. The average Bonchev–Trinajstić information content (AvgIpc) is 3.22. The van der Waals surface area contributed by atoms with Gasteiger partial charge in [-0.2, -0.15) is 0 Å². The minimum absolute atomic E-state index is 0.0748. The van der Waals surface area contributed by atoms with E-state index in [0.29, 0.717) is 5.75 Å².